The molecule has 0 radical (unpaired) electrons. The summed E-state index contributed by atoms with van der Waals surface area (Å²) in [4.78, 5) is 0. The summed E-state index contributed by atoms with van der Waals surface area (Å²) in [5.74, 6) is 0.528. The third kappa shape index (κ3) is 2.16. The number of rotatable bonds is 2. The average molecular weight is 323 g/mol. The molecule has 0 spiro atoms. The number of alkyl halides is 4. The highest BCUT2D eigenvalue weighted by molar-refractivity contribution is 9.08. The molecule has 0 atom stereocenters. The number of hydrogen-bond donors (Lipinski definition) is 0. The van der Waals surface area contributed by atoms with E-state index in [-0.39, 0.29) is 0 Å². The van der Waals surface area contributed by atoms with Crippen molar-refractivity contribution in [2.45, 2.75) is 18.4 Å². The van der Waals surface area contributed by atoms with Gasteiger partial charge in [-0.1, -0.05) is 15.9 Å². The highest BCUT2D eigenvalue weighted by Crippen LogP contribution is 2.28. The van der Waals surface area contributed by atoms with Gasteiger partial charge in [0.05, 0.1) is 5.69 Å². The Labute approximate surface area is 110 Å². The van der Waals surface area contributed by atoms with Crippen LogP contribution in [0.4, 0.5) is 13.2 Å². The molecule has 0 bridgehead atoms. The number of hydrogen-bond acceptors (Lipinski definition) is 2. The molecular weight excluding hydrogens is 313 g/mol. The third-order valence-corrected chi connectivity index (χ3v) is 3.10. The first-order chi connectivity index (χ1) is 8.34. The van der Waals surface area contributed by atoms with E-state index in [2.05, 4.69) is 26.1 Å². The summed E-state index contributed by atoms with van der Waals surface area (Å²) in [5.41, 5.74) is 0.657. The van der Waals surface area contributed by atoms with Gasteiger partial charge in [0.2, 0.25) is 0 Å². The van der Waals surface area contributed by atoms with E-state index in [1.54, 1.807) is 14.0 Å². The fourth-order valence-electron chi connectivity index (χ4n) is 1.73. The van der Waals surface area contributed by atoms with Crippen LogP contribution in [0.15, 0.2) is 12.3 Å². The second-order valence-corrected chi connectivity index (χ2v) is 4.35. The van der Waals surface area contributed by atoms with Crippen molar-refractivity contribution in [2.75, 3.05) is 0 Å². The van der Waals surface area contributed by atoms with E-state index in [1.165, 1.54) is 15.6 Å². The predicted octanol–water partition coefficient (Wildman–Crippen LogP) is 2.83. The van der Waals surface area contributed by atoms with Crippen molar-refractivity contribution < 1.29 is 13.2 Å². The van der Waals surface area contributed by atoms with Gasteiger partial charge in [-0.15, -0.1) is 0 Å². The second kappa shape index (κ2) is 4.42. The number of aromatic nitrogens is 4. The minimum absolute atomic E-state index is 0.503. The van der Waals surface area contributed by atoms with E-state index in [4.69, 9.17) is 0 Å². The minimum Gasteiger partial charge on any atom is -0.250 e. The van der Waals surface area contributed by atoms with Crippen LogP contribution in [0, 0.1) is 6.92 Å². The summed E-state index contributed by atoms with van der Waals surface area (Å²) >= 11 is 3.30. The molecule has 4 nitrogen and oxygen atoms in total. The maximum absolute atomic E-state index is 12.5. The summed E-state index contributed by atoms with van der Waals surface area (Å²) in [7, 11) is 1.67. The monoisotopic (exact) mass is 322 g/mol. The lowest BCUT2D eigenvalue weighted by atomic mass is 10.3. The van der Waals surface area contributed by atoms with Crippen molar-refractivity contribution >= 4 is 15.9 Å². The molecular formula is C10H10BrF3N4. The van der Waals surface area contributed by atoms with Crippen molar-refractivity contribution in [3.05, 3.63) is 29.2 Å². The first-order valence-corrected chi connectivity index (χ1v) is 6.18. The molecule has 0 N–H and O–H groups in total. The molecule has 2 heterocycles. The van der Waals surface area contributed by atoms with Crippen LogP contribution >= 0.6 is 15.9 Å². The summed E-state index contributed by atoms with van der Waals surface area (Å²) in [6.07, 6.45) is -3.15. The normalized spacial score (nSPS) is 12.1. The van der Waals surface area contributed by atoms with Gasteiger partial charge in [0, 0.05) is 24.1 Å². The minimum atomic E-state index is -4.44. The van der Waals surface area contributed by atoms with Gasteiger partial charge in [-0.05, 0) is 13.0 Å². The largest absolute Gasteiger partial charge is 0.435 e. The summed E-state index contributed by atoms with van der Waals surface area (Å²) in [6, 6.07) is 0.945. The molecule has 0 saturated carbocycles. The van der Waals surface area contributed by atoms with Crippen molar-refractivity contribution in [1.82, 2.24) is 19.6 Å². The molecule has 8 heteroatoms. The van der Waals surface area contributed by atoms with E-state index in [9.17, 15) is 13.2 Å². The van der Waals surface area contributed by atoms with Gasteiger partial charge in [0.15, 0.2) is 11.5 Å². The van der Waals surface area contributed by atoms with E-state index < -0.39 is 11.9 Å². The molecule has 0 aliphatic heterocycles. The predicted molar refractivity (Wildman–Crippen MR) is 62.7 cm³/mol. The van der Waals surface area contributed by atoms with E-state index in [0.717, 1.165) is 17.3 Å². The second-order valence-electron chi connectivity index (χ2n) is 3.79. The van der Waals surface area contributed by atoms with Crippen LogP contribution in [0.25, 0.3) is 5.82 Å². The average Bonchev–Trinajstić information content (AvgIpc) is 2.81. The molecule has 0 unspecified atom stereocenters. The smallest absolute Gasteiger partial charge is 0.250 e. The van der Waals surface area contributed by atoms with Crippen molar-refractivity contribution in [2.24, 2.45) is 7.05 Å². The Bertz CT molecular complexity index is 570. The number of nitrogens with zero attached hydrogens (tertiary/aromatic N) is 4. The van der Waals surface area contributed by atoms with Crippen molar-refractivity contribution in [1.29, 1.82) is 0 Å². The molecule has 2 aromatic heterocycles. The molecule has 18 heavy (non-hydrogen) atoms. The van der Waals surface area contributed by atoms with Crippen LogP contribution in [0.3, 0.4) is 0 Å². The molecule has 2 rings (SSSR count). The zero-order valence-electron chi connectivity index (χ0n) is 9.66. The van der Waals surface area contributed by atoms with Gasteiger partial charge < -0.3 is 0 Å². The highest BCUT2D eigenvalue weighted by atomic mass is 79.9. The first-order valence-electron chi connectivity index (χ1n) is 5.06. The van der Waals surface area contributed by atoms with Gasteiger partial charge in [0.25, 0.3) is 0 Å². The molecule has 0 aliphatic rings. The summed E-state index contributed by atoms with van der Waals surface area (Å²) in [5, 5.41) is 8.22. The quantitative estimate of drug-likeness (QED) is 0.797. The molecule has 0 amide bonds. The Hall–Kier alpha value is -1.31. The first kappa shape index (κ1) is 13.1. The maximum Gasteiger partial charge on any atom is 0.435 e. The lowest BCUT2D eigenvalue weighted by molar-refractivity contribution is -0.141. The molecule has 0 fully saturated rings. The number of halogens is 4. The standard InChI is InChI=1S/C10H10BrF3N4/c1-6-7(5-11)9(17(2)15-6)18-4-3-8(16-18)10(12,13)14/h3-4H,5H2,1-2H3. The molecule has 2 aromatic rings. The Balaban J connectivity index is 2.53. The Morgan fingerprint density at radius 2 is 2.00 bits per heavy atom. The number of aryl methyl sites for hydroxylation is 2. The molecule has 0 aliphatic carbocycles. The van der Waals surface area contributed by atoms with Crippen LogP contribution in [0.5, 0.6) is 0 Å². The summed E-state index contributed by atoms with van der Waals surface area (Å²) < 4.78 is 40.2. The fourth-order valence-corrected chi connectivity index (χ4v) is 2.38. The Kier molecular flexibility index (Phi) is 3.22. The van der Waals surface area contributed by atoms with E-state index in [0.29, 0.717) is 11.1 Å². The molecule has 98 valence electrons. The van der Waals surface area contributed by atoms with Crippen molar-refractivity contribution in [3.8, 4) is 5.82 Å². The molecule has 0 saturated heterocycles. The van der Waals surface area contributed by atoms with Gasteiger partial charge in [-0.2, -0.15) is 23.4 Å². The lowest BCUT2D eigenvalue weighted by Gasteiger charge is -2.05. The maximum atomic E-state index is 12.5. The zero-order valence-corrected chi connectivity index (χ0v) is 11.2. The van der Waals surface area contributed by atoms with Crippen LogP contribution in [0.2, 0.25) is 0 Å². The topological polar surface area (TPSA) is 35.6 Å². The van der Waals surface area contributed by atoms with E-state index >= 15 is 0 Å². The summed E-state index contributed by atoms with van der Waals surface area (Å²) in [6.45, 7) is 1.80. The fraction of sp³-hybridized carbons (Fsp3) is 0.400. The van der Waals surface area contributed by atoms with Crippen molar-refractivity contribution in [3.63, 3.8) is 0 Å². The van der Waals surface area contributed by atoms with Crippen LogP contribution in [-0.4, -0.2) is 19.6 Å². The van der Waals surface area contributed by atoms with Gasteiger partial charge in [-0.25, -0.2) is 4.68 Å². The Morgan fingerprint density at radius 1 is 1.33 bits per heavy atom. The van der Waals surface area contributed by atoms with E-state index in [1.807, 2.05) is 0 Å². The third-order valence-electron chi connectivity index (χ3n) is 2.54. The SMILES string of the molecule is Cc1nn(C)c(-n2ccc(C(F)(F)F)n2)c1CBr. The van der Waals surface area contributed by atoms with Gasteiger partial charge in [-0.3, -0.25) is 4.68 Å². The zero-order chi connectivity index (χ0) is 13.5. The van der Waals surface area contributed by atoms with Crippen LogP contribution in [-0.2, 0) is 18.6 Å². The molecule has 0 aromatic carbocycles. The van der Waals surface area contributed by atoms with Crippen LogP contribution in [0.1, 0.15) is 17.0 Å². The highest BCUT2D eigenvalue weighted by Gasteiger charge is 2.34. The lowest BCUT2D eigenvalue weighted by Crippen LogP contribution is -2.10. The van der Waals surface area contributed by atoms with Gasteiger partial charge in [0.1, 0.15) is 0 Å². The Morgan fingerprint density at radius 3 is 2.50 bits per heavy atom. The van der Waals surface area contributed by atoms with Gasteiger partial charge >= 0.3 is 6.18 Å². The van der Waals surface area contributed by atoms with Crippen LogP contribution < -0.4 is 0 Å².